The Kier molecular flexibility index (Phi) is 5.70. The number of aromatic nitrogens is 3. The number of nitrogens with zero attached hydrogens (tertiary/aromatic N) is 4. The van der Waals surface area contributed by atoms with Crippen LogP contribution >= 0.6 is 11.8 Å². The molecular weight excluding hydrogens is 458 g/mol. The molecule has 0 unspecified atom stereocenters. The van der Waals surface area contributed by atoms with Gasteiger partial charge in [0.1, 0.15) is 0 Å². The number of pyridine rings is 1. The SMILES string of the molecule is CC(C)n1ncc2cc(C(=O)NCCN3C(=O)S/C(=C/c4ccc5c(c4)OCO5)C3=O)cnc21. The molecule has 3 amide bonds. The Balaban J connectivity index is 1.20. The van der Waals surface area contributed by atoms with E-state index < -0.39 is 5.91 Å². The number of carbonyl (C=O) groups is 3. The minimum absolute atomic E-state index is 0.0653. The van der Waals surface area contributed by atoms with E-state index in [9.17, 15) is 14.4 Å². The highest BCUT2D eigenvalue weighted by molar-refractivity contribution is 8.18. The van der Waals surface area contributed by atoms with Crippen molar-refractivity contribution in [2.24, 2.45) is 0 Å². The molecular formula is C23H21N5O5S. The maximum atomic E-state index is 12.7. The summed E-state index contributed by atoms with van der Waals surface area (Å²) in [6, 6.07) is 7.18. The molecule has 2 aliphatic rings. The molecule has 0 bridgehead atoms. The lowest BCUT2D eigenvalue weighted by molar-refractivity contribution is -0.122. The van der Waals surface area contributed by atoms with Gasteiger partial charge >= 0.3 is 0 Å². The minimum atomic E-state index is -0.397. The largest absolute Gasteiger partial charge is 0.454 e. The van der Waals surface area contributed by atoms with Crippen molar-refractivity contribution < 1.29 is 23.9 Å². The van der Waals surface area contributed by atoms with Gasteiger partial charge in [0, 0.05) is 30.7 Å². The number of ether oxygens (including phenoxy) is 2. The van der Waals surface area contributed by atoms with Gasteiger partial charge in [-0.05, 0) is 55.4 Å². The van der Waals surface area contributed by atoms with Crippen molar-refractivity contribution in [3.8, 4) is 11.5 Å². The normalized spacial score (nSPS) is 16.3. The smallest absolute Gasteiger partial charge is 0.293 e. The number of rotatable bonds is 6. The third-order valence-electron chi connectivity index (χ3n) is 5.37. The van der Waals surface area contributed by atoms with Gasteiger partial charge in [0.25, 0.3) is 17.1 Å². The third kappa shape index (κ3) is 4.10. The number of hydrogen-bond acceptors (Lipinski definition) is 8. The fraction of sp³-hybridized carbons (Fsp3) is 0.261. The quantitative estimate of drug-likeness (QED) is 0.536. The summed E-state index contributed by atoms with van der Waals surface area (Å²) in [5.41, 5.74) is 1.82. The molecule has 10 nitrogen and oxygen atoms in total. The summed E-state index contributed by atoms with van der Waals surface area (Å²) < 4.78 is 12.4. The lowest BCUT2D eigenvalue weighted by atomic mass is 10.2. The molecule has 0 aliphatic carbocycles. The first-order chi connectivity index (χ1) is 16.4. The molecule has 0 spiro atoms. The van der Waals surface area contributed by atoms with Crippen molar-refractivity contribution >= 4 is 45.9 Å². The Hall–Kier alpha value is -3.86. The van der Waals surface area contributed by atoms with Gasteiger partial charge in [0.05, 0.1) is 16.7 Å². The second-order valence-electron chi connectivity index (χ2n) is 8.02. The number of amides is 3. The summed E-state index contributed by atoms with van der Waals surface area (Å²) in [4.78, 5) is 43.5. The summed E-state index contributed by atoms with van der Waals surface area (Å²) in [6.07, 6.45) is 4.81. The average Bonchev–Trinajstić information content (AvgIpc) is 3.52. The number of carbonyl (C=O) groups excluding carboxylic acids is 3. The van der Waals surface area contributed by atoms with Crippen LogP contribution in [0.3, 0.4) is 0 Å². The number of fused-ring (bicyclic) bond motifs is 2. The summed E-state index contributed by atoms with van der Waals surface area (Å²) in [5, 5.41) is 7.43. The molecule has 0 atom stereocenters. The molecule has 2 aromatic heterocycles. The number of hydrogen-bond donors (Lipinski definition) is 1. The Labute approximate surface area is 198 Å². The molecule has 1 N–H and O–H groups in total. The van der Waals surface area contributed by atoms with E-state index in [4.69, 9.17) is 9.47 Å². The maximum absolute atomic E-state index is 12.7. The Bertz CT molecular complexity index is 1350. The predicted molar refractivity (Wildman–Crippen MR) is 125 cm³/mol. The van der Waals surface area contributed by atoms with E-state index in [1.807, 2.05) is 13.8 Å². The average molecular weight is 480 g/mol. The number of benzene rings is 1. The van der Waals surface area contributed by atoms with Gasteiger partial charge in [-0.2, -0.15) is 5.10 Å². The van der Waals surface area contributed by atoms with Crippen LogP contribution in [0.25, 0.3) is 17.1 Å². The Morgan fingerprint density at radius 2 is 2.03 bits per heavy atom. The second kappa shape index (κ2) is 8.82. The van der Waals surface area contributed by atoms with E-state index in [1.165, 1.54) is 6.20 Å². The van der Waals surface area contributed by atoms with E-state index in [-0.39, 0.29) is 37.1 Å². The van der Waals surface area contributed by atoms with Crippen molar-refractivity contribution in [1.29, 1.82) is 0 Å². The van der Waals surface area contributed by atoms with E-state index in [0.717, 1.165) is 27.6 Å². The minimum Gasteiger partial charge on any atom is -0.454 e. The van der Waals surface area contributed by atoms with E-state index in [1.54, 1.807) is 41.2 Å². The molecule has 3 aromatic rings. The highest BCUT2D eigenvalue weighted by Gasteiger charge is 2.34. The lowest BCUT2D eigenvalue weighted by Gasteiger charge is -2.13. The molecule has 4 heterocycles. The summed E-state index contributed by atoms with van der Waals surface area (Å²) in [5.74, 6) is 0.504. The van der Waals surface area contributed by atoms with Gasteiger partial charge in [0.15, 0.2) is 17.1 Å². The third-order valence-corrected chi connectivity index (χ3v) is 6.28. The molecule has 0 radical (unpaired) electrons. The molecule has 5 rings (SSSR count). The first-order valence-electron chi connectivity index (χ1n) is 10.7. The molecule has 34 heavy (non-hydrogen) atoms. The fourth-order valence-corrected chi connectivity index (χ4v) is 4.54. The summed E-state index contributed by atoms with van der Waals surface area (Å²) in [7, 11) is 0. The van der Waals surface area contributed by atoms with Gasteiger partial charge in [-0.1, -0.05) is 6.07 Å². The molecule has 2 aliphatic heterocycles. The van der Waals surface area contributed by atoms with Crippen LogP contribution in [0.2, 0.25) is 0 Å². The van der Waals surface area contributed by atoms with Gasteiger partial charge in [0.2, 0.25) is 6.79 Å². The van der Waals surface area contributed by atoms with Crippen molar-refractivity contribution in [3.63, 3.8) is 0 Å². The van der Waals surface area contributed by atoms with Crippen molar-refractivity contribution in [2.75, 3.05) is 19.9 Å². The van der Waals surface area contributed by atoms with Crippen LogP contribution in [0.5, 0.6) is 11.5 Å². The van der Waals surface area contributed by atoms with Gasteiger partial charge in [-0.25, -0.2) is 9.67 Å². The molecule has 1 aromatic carbocycles. The van der Waals surface area contributed by atoms with Crippen LogP contribution in [-0.4, -0.2) is 56.6 Å². The number of nitrogens with one attached hydrogen (secondary N) is 1. The first kappa shape index (κ1) is 22.0. The lowest BCUT2D eigenvalue weighted by Crippen LogP contribution is -2.37. The van der Waals surface area contributed by atoms with Crippen molar-refractivity contribution in [1.82, 2.24) is 25.0 Å². The van der Waals surface area contributed by atoms with Gasteiger partial charge < -0.3 is 14.8 Å². The topological polar surface area (TPSA) is 116 Å². The highest BCUT2D eigenvalue weighted by Crippen LogP contribution is 2.36. The molecule has 1 saturated heterocycles. The van der Waals surface area contributed by atoms with Crippen LogP contribution in [0, 0.1) is 0 Å². The van der Waals surface area contributed by atoms with E-state index >= 15 is 0 Å². The standard InChI is InChI=1S/C23H21N5O5S/c1-13(2)28-20-15(11-26-28)9-16(10-25-20)21(29)24-5-6-27-22(30)19(34-23(27)31)8-14-3-4-17-18(7-14)33-12-32-17/h3-4,7-11,13H,5-6,12H2,1-2H3,(H,24,29)/b19-8+. The molecule has 0 saturated carbocycles. The van der Waals surface area contributed by atoms with Crippen LogP contribution < -0.4 is 14.8 Å². The van der Waals surface area contributed by atoms with Crippen molar-refractivity contribution in [2.45, 2.75) is 19.9 Å². The first-order valence-corrected chi connectivity index (χ1v) is 11.5. The van der Waals surface area contributed by atoms with E-state index in [2.05, 4.69) is 15.4 Å². The zero-order chi connectivity index (χ0) is 23.8. The maximum Gasteiger partial charge on any atom is 0.293 e. The molecule has 11 heteroatoms. The van der Waals surface area contributed by atoms with Crippen LogP contribution in [0.15, 0.2) is 41.6 Å². The molecule has 174 valence electrons. The number of thioether (sulfide) groups is 1. The van der Waals surface area contributed by atoms with Crippen molar-refractivity contribution in [3.05, 3.63) is 52.7 Å². The monoisotopic (exact) mass is 479 g/mol. The second-order valence-corrected chi connectivity index (χ2v) is 9.01. The van der Waals surface area contributed by atoms with Crippen LogP contribution in [0.4, 0.5) is 4.79 Å². The number of imide groups is 1. The predicted octanol–water partition coefficient (Wildman–Crippen LogP) is 3.21. The Morgan fingerprint density at radius 3 is 2.85 bits per heavy atom. The zero-order valence-corrected chi connectivity index (χ0v) is 19.3. The van der Waals surface area contributed by atoms with Crippen LogP contribution in [0.1, 0.15) is 35.8 Å². The summed E-state index contributed by atoms with van der Waals surface area (Å²) >= 11 is 0.866. The van der Waals surface area contributed by atoms with Gasteiger partial charge in [-0.15, -0.1) is 0 Å². The van der Waals surface area contributed by atoms with E-state index in [0.29, 0.717) is 27.6 Å². The zero-order valence-electron chi connectivity index (χ0n) is 18.5. The molecule has 1 fully saturated rings. The van der Waals surface area contributed by atoms with Gasteiger partial charge in [-0.3, -0.25) is 19.3 Å². The Morgan fingerprint density at radius 1 is 1.21 bits per heavy atom. The van der Waals surface area contributed by atoms with Crippen LogP contribution in [-0.2, 0) is 4.79 Å². The summed E-state index contributed by atoms with van der Waals surface area (Å²) in [6.45, 7) is 4.35. The fourth-order valence-electron chi connectivity index (χ4n) is 3.67. The highest BCUT2D eigenvalue weighted by atomic mass is 32.2.